The van der Waals surface area contributed by atoms with Gasteiger partial charge in [0.25, 0.3) is 0 Å². The minimum Gasteiger partial charge on any atom is -0.330 e. The lowest BCUT2D eigenvalue weighted by Gasteiger charge is -2.24. The van der Waals surface area contributed by atoms with Crippen LogP contribution in [-0.2, 0) is 6.42 Å². The third-order valence-electron chi connectivity index (χ3n) is 2.76. The lowest BCUT2D eigenvalue weighted by Crippen LogP contribution is -2.32. The molecule has 1 aromatic rings. The summed E-state index contributed by atoms with van der Waals surface area (Å²) in [5, 5.41) is 3.48. The molecule has 3 nitrogen and oxygen atoms in total. The normalized spacial score (nSPS) is 11.7. The Morgan fingerprint density at radius 1 is 1.31 bits per heavy atom. The number of hydrogen-bond acceptors (Lipinski definition) is 3. The van der Waals surface area contributed by atoms with E-state index in [0.29, 0.717) is 5.41 Å². The van der Waals surface area contributed by atoms with Gasteiger partial charge in [-0.25, -0.2) is 0 Å². The lowest BCUT2D eigenvalue weighted by atomic mass is 9.89. The summed E-state index contributed by atoms with van der Waals surface area (Å²) in [7, 11) is 0. The van der Waals surface area contributed by atoms with Gasteiger partial charge in [-0.3, -0.25) is 4.98 Å². The average Bonchev–Trinajstić information content (AvgIpc) is 2.26. The van der Waals surface area contributed by atoms with E-state index in [9.17, 15) is 0 Å². The number of nitrogens with two attached hydrogens (primary N) is 1. The molecule has 1 heterocycles. The third-order valence-corrected chi connectivity index (χ3v) is 2.76. The van der Waals surface area contributed by atoms with Crippen LogP contribution in [0, 0.1) is 5.41 Å². The molecule has 0 atom stereocenters. The van der Waals surface area contributed by atoms with E-state index in [-0.39, 0.29) is 0 Å². The summed E-state index contributed by atoms with van der Waals surface area (Å²) < 4.78 is 0. The Labute approximate surface area is 98.5 Å². The van der Waals surface area contributed by atoms with Crippen molar-refractivity contribution in [2.45, 2.75) is 26.7 Å². The van der Waals surface area contributed by atoms with Crippen molar-refractivity contribution in [3.8, 4) is 0 Å². The van der Waals surface area contributed by atoms with Gasteiger partial charge in [0.15, 0.2) is 0 Å². The van der Waals surface area contributed by atoms with Crippen molar-refractivity contribution in [1.29, 1.82) is 0 Å². The average molecular weight is 221 g/mol. The summed E-state index contributed by atoms with van der Waals surface area (Å²) in [6.07, 6.45) is 5.80. The zero-order valence-electron chi connectivity index (χ0n) is 10.4. The van der Waals surface area contributed by atoms with Gasteiger partial charge in [-0.1, -0.05) is 13.8 Å². The van der Waals surface area contributed by atoms with E-state index >= 15 is 0 Å². The van der Waals surface area contributed by atoms with Crippen LogP contribution in [0.1, 0.15) is 25.8 Å². The van der Waals surface area contributed by atoms with E-state index in [4.69, 9.17) is 5.73 Å². The predicted octanol–water partition coefficient (Wildman–Crippen LogP) is 1.59. The number of nitrogens with zero attached hydrogens (tertiary/aromatic N) is 1. The molecule has 90 valence electrons. The summed E-state index contributed by atoms with van der Waals surface area (Å²) >= 11 is 0. The molecule has 3 heteroatoms. The van der Waals surface area contributed by atoms with Gasteiger partial charge in [0.05, 0.1) is 0 Å². The molecular weight excluding hydrogens is 198 g/mol. The second-order valence-corrected chi connectivity index (χ2v) is 4.99. The van der Waals surface area contributed by atoms with Crippen LogP contribution in [0.5, 0.6) is 0 Å². The van der Waals surface area contributed by atoms with Crippen molar-refractivity contribution in [3.05, 3.63) is 30.1 Å². The molecule has 0 aliphatic heterocycles. The highest BCUT2D eigenvalue weighted by Crippen LogP contribution is 2.17. The monoisotopic (exact) mass is 221 g/mol. The molecule has 0 aliphatic rings. The van der Waals surface area contributed by atoms with Crippen molar-refractivity contribution >= 4 is 0 Å². The highest BCUT2D eigenvalue weighted by molar-refractivity contribution is 5.09. The molecule has 0 spiro atoms. The molecule has 0 unspecified atom stereocenters. The number of hydrogen-bond donors (Lipinski definition) is 2. The summed E-state index contributed by atoms with van der Waals surface area (Å²) in [4.78, 5) is 4.00. The summed E-state index contributed by atoms with van der Waals surface area (Å²) in [6, 6.07) is 4.12. The first-order chi connectivity index (χ1) is 7.64. The first-order valence-electron chi connectivity index (χ1n) is 5.94. The summed E-state index contributed by atoms with van der Waals surface area (Å²) in [5.74, 6) is 0. The minimum absolute atomic E-state index is 0.299. The molecule has 0 fully saturated rings. The summed E-state index contributed by atoms with van der Waals surface area (Å²) in [5.41, 5.74) is 7.21. The Morgan fingerprint density at radius 3 is 2.62 bits per heavy atom. The first kappa shape index (κ1) is 13.1. The van der Waals surface area contributed by atoms with E-state index in [1.54, 1.807) is 0 Å². The van der Waals surface area contributed by atoms with Gasteiger partial charge in [0, 0.05) is 18.9 Å². The number of rotatable bonds is 7. The molecule has 0 amide bonds. The number of pyridine rings is 1. The van der Waals surface area contributed by atoms with Crippen LogP contribution in [0.25, 0.3) is 0 Å². The van der Waals surface area contributed by atoms with E-state index in [2.05, 4.69) is 36.3 Å². The van der Waals surface area contributed by atoms with E-state index < -0.39 is 0 Å². The van der Waals surface area contributed by atoms with Crippen LogP contribution < -0.4 is 11.1 Å². The van der Waals surface area contributed by atoms with E-state index in [1.807, 2.05) is 12.4 Å². The fourth-order valence-electron chi connectivity index (χ4n) is 1.69. The Hall–Kier alpha value is -0.930. The van der Waals surface area contributed by atoms with Crippen LogP contribution in [0.2, 0.25) is 0 Å². The van der Waals surface area contributed by atoms with Crippen LogP contribution in [0.3, 0.4) is 0 Å². The minimum atomic E-state index is 0.299. The fraction of sp³-hybridized carbons (Fsp3) is 0.615. The van der Waals surface area contributed by atoms with Gasteiger partial charge in [0.2, 0.25) is 0 Å². The maximum atomic E-state index is 5.58. The topological polar surface area (TPSA) is 50.9 Å². The highest BCUT2D eigenvalue weighted by atomic mass is 14.9. The number of nitrogens with one attached hydrogen (secondary N) is 1. The zero-order valence-corrected chi connectivity index (χ0v) is 10.4. The van der Waals surface area contributed by atoms with Crippen molar-refractivity contribution in [1.82, 2.24) is 10.3 Å². The molecule has 0 radical (unpaired) electrons. The Kier molecular flexibility index (Phi) is 5.43. The quantitative estimate of drug-likeness (QED) is 0.687. The summed E-state index contributed by atoms with van der Waals surface area (Å²) in [6.45, 7) is 7.30. The third kappa shape index (κ3) is 5.24. The van der Waals surface area contributed by atoms with Gasteiger partial charge in [0.1, 0.15) is 0 Å². The van der Waals surface area contributed by atoms with Crippen LogP contribution >= 0.6 is 0 Å². The highest BCUT2D eigenvalue weighted by Gasteiger charge is 2.15. The molecule has 0 bridgehead atoms. The SMILES string of the molecule is CC(C)(CCN)CNCCc1ccncc1. The van der Waals surface area contributed by atoms with Crippen molar-refractivity contribution in [2.75, 3.05) is 19.6 Å². The fourth-order valence-corrected chi connectivity index (χ4v) is 1.69. The van der Waals surface area contributed by atoms with Crippen LogP contribution in [0.4, 0.5) is 0 Å². The predicted molar refractivity (Wildman–Crippen MR) is 68.3 cm³/mol. The molecule has 0 aromatic carbocycles. The van der Waals surface area contributed by atoms with Crippen LogP contribution in [-0.4, -0.2) is 24.6 Å². The lowest BCUT2D eigenvalue weighted by molar-refractivity contribution is 0.321. The largest absolute Gasteiger partial charge is 0.330 e. The smallest absolute Gasteiger partial charge is 0.0270 e. The molecule has 3 N–H and O–H groups in total. The Bertz CT molecular complexity index is 282. The van der Waals surface area contributed by atoms with E-state index in [0.717, 1.165) is 32.5 Å². The van der Waals surface area contributed by atoms with Crippen molar-refractivity contribution in [3.63, 3.8) is 0 Å². The molecule has 16 heavy (non-hydrogen) atoms. The standard InChI is InChI=1S/C13H23N3/c1-13(2,6-7-14)11-16-10-5-12-3-8-15-9-4-12/h3-4,8-9,16H,5-7,10-11,14H2,1-2H3. The Morgan fingerprint density at radius 2 is 2.00 bits per heavy atom. The molecular formula is C13H23N3. The van der Waals surface area contributed by atoms with Crippen molar-refractivity contribution in [2.24, 2.45) is 11.1 Å². The second-order valence-electron chi connectivity index (χ2n) is 4.99. The van der Waals surface area contributed by atoms with Crippen LogP contribution in [0.15, 0.2) is 24.5 Å². The molecule has 1 rings (SSSR count). The van der Waals surface area contributed by atoms with Gasteiger partial charge in [-0.2, -0.15) is 0 Å². The molecule has 0 aliphatic carbocycles. The Balaban J connectivity index is 2.17. The first-order valence-corrected chi connectivity index (χ1v) is 5.94. The van der Waals surface area contributed by atoms with E-state index in [1.165, 1.54) is 5.56 Å². The maximum Gasteiger partial charge on any atom is 0.0270 e. The van der Waals surface area contributed by atoms with Gasteiger partial charge >= 0.3 is 0 Å². The molecule has 1 aromatic heterocycles. The zero-order chi connectivity index (χ0) is 11.9. The van der Waals surface area contributed by atoms with Crippen molar-refractivity contribution < 1.29 is 0 Å². The number of aromatic nitrogens is 1. The second kappa shape index (κ2) is 6.61. The molecule has 0 saturated heterocycles. The molecule has 0 saturated carbocycles. The van der Waals surface area contributed by atoms with Gasteiger partial charge < -0.3 is 11.1 Å². The van der Waals surface area contributed by atoms with Gasteiger partial charge in [-0.15, -0.1) is 0 Å². The maximum absolute atomic E-state index is 5.58. The van der Waals surface area contributed by atoms with Gasteiger partial charge in [-0.05, 0) is 49.0 Å².